The van der Waals surface area contributed by atoms with Crippen molar-refractivity contribution in [1.29, 1.82) is 0 Å². The zero-order valence-corrected chi connectivity index (χ0v) is 13.3. The molecule has 0 amide bonds. The summed E-state index contributed by atoms with van der Waals surface area (Å²) in [6, 6.07) is 4.44. The quantitative estimate of drug-likeness (QED) is 0.644. The van der Waals surface area contributed by atoms with Crippen molar-refractivity contribution in [3.8, 4) is 0 Å². The number of nitrogens with zero attached hydrogens (tertiary/aromatic N) is 3. The molecule has 0 unspecified atom stereocenters. The van der Waals surface area contributed by atoms with Crippen LogP contribution < -0.4 is 5.56 Å². The Morgan fingerprint density at radius 1 is 1.48 bits per heavy atom. The second-order valence-corrected chi connectivity index (χ2v) is 5.97. The number of aryl methyl sites for hydroxylation is 1. The van der Waals surface area contributed by atoms with Crippen molar-refractivity contribution < 1.29 is 13.9 Å². The van der Waals surface area contributed by atoms with Crippen molar-refractivity contribution in [1.82, 2.24) is 14.6 Å². The highest BCUT2D eigenvalue weighted by Crippen LogP contribution is 2.14. The molecular weight excluding hydrogens is 318 g/mol. The second kappa shape index (κ2) is 6.74. The standard InChI is InChI=1S/C15H15N3O4S/c1-2-3-6-12-17-18-13(19)8-10(16-15(18)23-12)9-22-14(20)11-5-4-7-21-11/h4-5,7-8H,2-3,6,9H2,1H3. The molecule has 0 aliphatic carbocycles. The summed E-state index contributed by atoms with van der Waals surface area (Å²) in [4.78, 5) is 28.6. The molecule has 0 bridgehead atoms. The summed E-state index contributed by atoms with van der Waals surface area (Å²) in [5.41, 5.74) is 0.110. The molecule has 0 spiro atoms. The van der Waals surface area contributed by atoms with E-state index in [0.29, 0.717) is 10.7 Å². The van der Waals surface area contributed by atoms with Crippen LogP contribution in [0.15, 0.2) is 33.7 Å². The lowest BCUT2D eigenvalue weighted by Crippen LogP contribution is -2.16. The van der Waals surface area contributed by atoms with Crippen molar-refractivity contribution in [3.63, 3.8) is 0 Å². The summed E-state index contributed by atoms with van der Waals surface area (Å²) in [7, 11) is 0. The molecule has 3 aromatic heterocycles. The largest absolute Gasteiger partial charge is 0.457 e. The van der Waals surface area contributed by atoms with E-state index in [0.717, 1.165) is 24.3 Å². The first-order valence-electron chi connectivity index (χ1n) is 7.26. The van der Waals surface area contributed by atoms with Crippen LogP contribution in [0.3, 0.4) is 0 Å². The van der Waals surface area contributed by atoms with Crippen LogP contribution in [0.4, 0.5) is 0 Å². The lowest BCUT2D eigenvalue weighted by atomic mass is 10.3. The zero-order valence-electron chi connectivity index (χ0n) is 12.5. The van der Waals surface area contributed by atoms with E-state index in [1.54, 1.807) is 6.07 Å². The number of aromatic nitrogens is 3. The Morgan fingerprint density at radius 2 is 2.35 bits per heavy atom. The monoisotopic (exact) mass is 333 g/mol. The van der Waals surface area contributed by atoms with Gasteiger partial charge in [-0.1, -0.05) is 24.7 Å². The van der Waals surface area contributed by atoms with Gasteiger partial charge in [-0.15, -0.1) is 0 Å². The molecule has 0 N–H and O–H groups in total. The molecule has 0 radical (unpaired) electrons. The molecule has 7 nitrogen and oxygen atoms in total. The first-order valence-corrected chi connectivity index (χ1v) is 8.08. The summed E-state index contributed by atoms with van der Waals surface area (Å²) >= 11 is 1.38. The van der Waals surface area contributed by atoms with E-state index < -0.39 is 5.97 Å². The Hall–Kier alpha value is -2.48. The van der Waals surface area contributed by atoms with Crippen LogP contribution >= 0.6 is 11.3 Å². The maximum absolute atomic E-state index is 12.1. The van der Waals surface area contributed by atoms with E-state index in [2.05, 4.69) is 17.0 Å². The lowest BCUT2D eigenvalue weighted by Gasteiger charge is -2.02. The minimum atomic E-state index is -0.593. The highest BCUT2D eigenvalue weighted by atomic mass is 32.1. The summed E-state index contributed by atoms with van der Waals surface area (Å²) in [6.07, 6.45) is 4.30. The fourth-order valence-electron chi connectivity index (χ4n) is 2.00. The molecule has 3 heterocycles. The van der Waals surface area contributed by atoms with Crippen molar-refractivity contribution in [3.05, 3.63) is 51.3 Å². The molecule has 0 saturated heterocycles. The number of fused-ring (bicyclic) bond motifs is 1. The van der Waals surface area contributed by atoms with E-state index in [4.69, 9.17) is 9.15 Å². The minimum Gasteiger partial charge on any atom is -0.457 e. The average Bonchev–Trinajstić information content (AvgIpc) is 3.20. The summed E-state index contributed by atoms with van der Waals surface area (Å²) in [5, 5.41) is 5.14. The highest BCUT2D eigenvalue weighted by Gasteiger charge is 2.13. The minimum absolute atomic E-state index is 0.0898. The van der Waals surface area contributed by atoms with Crippen LogP contribution in [0.5, 0.6) is 0 Å². The van der Waals surface area contributed by atoms with Crippen LogP contribution in [0.25, 0.3) is 4.96 Å². The van der Waals surface area contributed by atoms with Gasteiger partial charge in [0, 0.05) is 12.5 Å². The van der Waals surface area contributed by atoms with Gasteiger partial charge in [-0.3, -0.25) is 4.79 Å². The SMILES string of the molecule is CCCCc1nn2c(=O)cc(COC(=O)c3ccco3)nc2s1. The van der Waals surface area contributed by atoms with Crippen LogP contribution in [0, 0.1) is 0 Å². The maximum atomic E-state index is 12.1. The van der Waals surface area contributed by atoms with Crippen molar-refractivity contribution >= 4 is 22.3 Å². The third kappa shape index (κ3) is 3.48. The third-order valence-electron chi connectivity index (χ3n) is 3.16. The number of hydrogen-bond acceptors (Lipinski definition) is 7. The number of furan rings is 1. The van der Waals surface area contributed by atoms with Gasteiger partial charge in [0.1, 0.15) is 11.6 Å². The summed E-state index contributed by atoms with van der Waals surface area (Å²) in [6.45, 7) is 2.01. The first kappa shape index (κ1) is 15.4. The molecule has 3 aromatic rings. The summed E-state index contributed by atoms with van der Waals surface area (Å²) in [5.74, 6) is -0.479. The number of rotatable bonds is 6. The van der Waals surface area contributed by atoms with Gasteiger partial charge >= 0.3 is 5.97 Å². The first-order chi connectivity index (χ1) is 11.2. The van der Waals surface area contributed by atoms with Gasteiger partial charge < -0.3 is 9.15 Å². The number of ether oxygens (including phenoxy) is 1. The lowest BCUT2D eigenvalue weighted by molar-refractivity contribution is 0.0431. The number of carbonyl (C=O) groups excluding carboxylic acids is 1. The normalized spacial score (nSPS) is 11.0. The Bertz CT molecular complexity index is 867. The van der Waals surface area contributed by atoms with Gasteiger partial charge in [0.05, 0.1) is 12.0 Å². The molecular formula is C15H15N3O4S. The number of hydrogen-bond donors (Lipinski definition) is 0. The Kier molecular flexibility index (Phi) is 4.52. The topological polar surface area (TPSA) is 86.7 Å². The van der Waals surface area contributed by atoms with Crippen LogP contribution in [-0.4, -0.2) is 20.6 Å². The van der Waals surface area contributed by atoms with Crippen molar-refractivity contribution in [2.75, 3.05) is 0 Å². The van der Waals surface area contributed by atoms with Crippen molar-refractivity contribution in [2.45, 2.75) is 32.8 Å². The van der Waals surface area contributed by atoms with Gasteiger partial charge in [-0.2, -0.15) is 9.61 Å². The number of esters is 1. The van der Waals surface area contributed by atoms with E-state index in [-0.39, 0.29) is 17.9 Å². The number of carbonyl (C=O) groups is 1. The predicted molar refractivity (Wildman–Crippen MR) is 83.6 cm³/mol. The Balaban J connectivity index is 1.76. The smallest absolute Gasteiger partial charge is 0.374 e. The predicted octanol–water partition coefficient (Wildman–Crippen LogP) is 2.44. The molecule has 0 aromatic carbocycles. The molecule has 0 aliphatic heterocycles. The zero-order chi connectivity index (χ0) is 16.2. The van der Waals surface area contributed by atoms with Gasteiger partial charge in [0.2, 0.25) is 10.7 Å². The van der Waals surface area contributed by atoms with E-state index in [1.807, 2.05) is 0 Å². The molecule has 23 heavy (non-hydrogen) atoms. The average molecular weight is 333 g/mol. The molecule has 8 heteroatoms. The van der Waals surface area contributed by atoms with Gasteiger partial charge in [-0.25, -0.2) is 9.78 Å². The second-order valence-electron chi connectivity index (χ2n) is 4.93. The van der Waals surface area contributed by atoms with Crippen LogP contribution in [0.1, 0.15) is 41.0 Å². The van der Waals surface area contributed by atoms with Gasteiger partial charge in [0.25, 0.3) is 5.56 Å². The van der Waals surface area contributed by atoms with Crippen molar-refractivity contribution in [2.24, 2.45) is 0 Å². The Morgan fingerprint density at radius 3 is 3.09 bits per heavy atom. The van der Waals surface area contributed by atoms with E-state index in [9.17, 15) is 9.59 Å². The van der Waals surface area contributed by atoms with Gasteiger partial charge in [-0.05, 0) is 18.6 Å². The fraction of sp³-hybridized carbons (Fsp3) is 0.333. The van der Waals surface area contributed by atoms with E-state index >= 15 is 0 Å². The molecule has 0 saturated carbocycles. The molecule has 0 atom stereocenters. The molecule has 0 fully saturated rings. The highest BCUT2D eigenvalue weighted by molar-refractivity contribution is 7.16. The van der Waals surface area contributed by atoms with Gasteiger partial charge in [0.15, 0.2) is 0 Å². The molecule has 0 aliphatic rings. The number of unbranched alkanes of at least 4 members (excludes halogenated alkanes) is 1. The van der Waals surface area contributed by atoms with Crippen LogP contribution in [0.2, 0.25) is 0 Å². The Labute approximate surface area is 135 Å². The fourth-order valence-corrected chi connectivity index (χ4v) is 2.96. The van der Waals surface area contributed by atoms with Crippen LogP contribution in [-0.2, 0) is 17.8 Å². The third-order valence-corrected chi connectivity index (χ3v) is 4.13. The van der Waals surface area contributed by atoms with E-state index in [1.165, 1.54) is 34.2 Å². The summed E-state index contributed by atoms with van der Waals surface area (Å²) < 4.78 is 11.3. The maximum Gasteiger partial charge on any atom is 0.374 e. The molecule has 120 valence electrons. The molecule has 3 rings (SSSR count).